The molecule has 2 saturated heterocycles. The topological polar surface area (TPSA) is 79.4 Å². The molecule has 0 N–H and O–H groups in total. The first-order chi connectivity index (χ1) is 21.0. The van der Waals surface area contributed by atoms with E-state index in [0.29, 0.717) is 62.9 Å². The molecular formula is C34H35N3O5S. The van der Waals surface area contributed by atoms with E-state index in [9.17, 15) is 14.4 Å². The molecular weight excluding hydrogens is 562 g/mol. The van der Waals surface area contributed by atoms with Crippen LogP contribution in [0.1, 0.15) is 23.6 Å². The zero-order valence-electron chi connectivity index (χ0n) is 24.2. The van der Waals surface area contributed by atoms with Gasteiger partial charge in [-0.25, -0.2) is 0 Å². The summed E-state index contributed by atoms with van der Waals surface area (Å²) >= 11 is 0.840. The Hall–Kier alpha value is -4.50. The molecule has 0 bridgehead atoms. The van der Waals surface area contributed by atoms with Gasteiger partial charge in [0.15, 0.2) is 11.5 Å². The van der Waals surface area contributed by atoms with Crippen molar-refractivity contribution in [3.8, 4) is 11.5 Å². The third kappa shape index (κ3) is 7.29. The summed E-state index contributed by atoms with van der Waals surface area (Å²) < 4.78 is 12.1. The quantitative estimate of drug-likeness (QED) is 0.205. The zero-order valence-corrected chi connectivity index (χ0v) is 25.1. The minimum absolute atomic E-state index is 0.233. The molecule has 0 saturated carbocycles. The number of anilines is 1. The van der Waals surface area contributed by atoms with Gasteiger partial charge in [-0.05, 0) is 66.6 Å². The van der Waals surface area contributed by atoms with Crippen molar-refractivity contribution in [2.75, 3.05) is 44.2 Å². The lowest BCUT2D eigenvalue weighted by atomic mass is 10.0. The molecule has 222 valence electrons. The van der Waals surface area contributed by atoms with Crippen molar-refractivity contribution in [3.05, 3.63) is 107 Å². The average Bonchev–Trinajstić information content (AvgIpc) is 3.29. The second kappa shape index (κ2) is 14.1. The number of amides is 3. The predicted octanol–water partition coefficient (Wildman–Crippen LogP) is 5.78. The highest BCUT2D eigenvalue weighted by Gasteiger charge is 2.37. The maximum Gasteiger partial charge on any atom is 0.294 e. The van der Waals surface area contributed by atoms with E-state index in [1.54, 1.807) is 17.1 Å². The van der Waals surface area contributed by atoms with Gasteiger partial charge in [0.05, 0.1) is 11.5 Å². The molecule has 0 radical (unpaired) electrons. The number of carbonyl (C=O) groups excluding carboxylic acids is 3. The number of imide groups is 1. The normalized spacial score (nSPS) is 16.1. The Labute approximate surface area is 256 Å². The van der Waals surface area contributed by atoms with Gasteiger partial charge in [0.1, 0.15) is 13.2 Å². The van der Waals surface area contributed by atoms with Gasteiger partial charge in [0.2, 0.25) is 5.91 Å². The summed E-state index contributed by atoms with van der Waals surface area (Å²) in [5, 5.41) is -0.452. The second-order valence-corrected chi connectivity index (χ2v) is 11.2. The van der Waals surface area contributed by atoms with E-state index < -0.39 is 11.1 Å². The van der Waals surface area contributed by atoms with Crippen LogP contribution in [0.2, 0.25) is 0 Å². The van der Waals surface area contributed by atoms with Crippen LogP contribution in [0.15, 0.2) is 90.4 Å². The van der Waals surface area contributed by atoms with Crippen LogP contribution in [0.25, 0.3) is 6.08 Å². The summed E-state index contributed by atoms with van der Waals surface area (Å²) in [5.74, 6) is 0.462. The third-order valence-corrected chi connectivity index (χ3v) is 8.17. The van der Waals surface area contributed by atoms with Crippen molar-refractivity contribution >= 4 is 40.6 Å². The highest BCUT2D eigenvalue weighted by Crippen LogP contribution is 2.38. The number of carbonyl (C=O) groups is 3. The standard InChI is InChI=1S/C34H35N3O5S/c1-3-11-27-20-26(21-29(41-4-2)32(27)42-24-25-12-7-5-8-13-25)22-30-33(39)37(34(40)43-30)23-31(38)36-18-16-35(17-19-36)28-14-9-6-10-15-28/h3,5-10,12-15,20-22H,1,4,11,16-19,23-24H2,2H3/b30-22+. The molecule has 3 aromatic carbocycles. The molecule has 0 aliphatic carbocycles. The molecule has 2 aliphatic rings. The van der Waals surface area contributed by atoms with Crippen LogP contribution in [0.4, 0.5) is 10.5 Å². The number of allylic oxidation sites excluding steroid dienone is 1. The van der Waals surface area contributed by atoms with E-state index in [1.807, 2.05) is 79.7 Å². The Morgan fingerprint density at radius 1 is 0.953 bits per heavy atom. The van der Waals surface area contributed by atoms with Crippen molar-refractivity contribution in [1.29, 1.82) is 0 Å². The highest BCUT2D eigenvalue weighted by molar-refractivity contribution is 8.18. The van der Waals surface area contributed by atoms with Gasteiger partial charge in [-0.2, -0.15) is 0 Å². The molecule has 0 unspecified atom stereocenters. The van der Waals surface area contributed by atoms with Crippen molar-refractivity contribution in [1.82, 2.24) is 9.80 Å². The van der Waals surface area contributed by atoms with Crippen molar-refractivity contribution < 1.29 is 23.9 Å². The van der Waals surface area contributed by atoms with Crippen LogP contribution in [-0.4, -0.2) is 66.2 Å². The lowest BCUT2D eigenvalue weighted by Crippen LogP contribution is -2.51. The molecule has 3 aromatic rings. The summed E-state index contributed by atoms with van der Waals surface area (Å²) in [6.07, 6.45) is 3.98. The van der Waals surface area contributed by atoms with E-state index in [2.05, 4.69) is 11.5 Å². The average molecular weight is 598 g/mol. The number of benzene rings is 3. The Bertz CT molecular complexity index is 1500. The SMILES string of the molecule is C=CCc1cc(/C=C2/SC(=O)N(CC(=O)N3CCN(c4ccccc4)CC3)C2=O)cc(OCC)c1OCc1ccccc1. The molecule has 0 atom stereocenters. The molecule has 43 heavy (non-hydrogen) atoms. The lowest BCUT2D eigenvalue weighted by Gasteiger charge is -2.36. The monoisotopic (exact) mass is 597 g/mol. The van der Waals surface area contributed by atoms with Gasteiger partial charge in [-0.1, -0.05) is 54.6 Å². The van der Waals surface area contributed by atoms with Crippen LogP contribution < -0.4 is 14.4 Å². The van der Waals surface area contributed by atoms with Crippen LogP contribution in [0, 0.1) is 0 Å². The molecule has 2 heterocycles. The predicted molar refractivity (Wildman–Crippen MR) is 170 cm³/mol. The molecule has 8 nitrogen and oxygen atoms in total. The molecule has 5 rings (SSSR count). The van der Waals surface area contributed by atoms with E-state index in [-0.39, 0.29) is 17.4 Å². The van der Waals surface area contributed by atoms with E-state index in [0.717, 1.165) is 33.5 Å². The molecule has 0 spiro atoms. The zero-order chi connectivity index (χ0) is 30.2. The molecule has 0 aromatic heterocycles. The number of rotatable bonds is 11. The maximum absolute atomic E-state index is 13.3. The molecule has 2 aliphatic heterocycles. The van der Waals surface area contributed by atoms with E-state index in [1.165, 1.54) is 0 Å². The van der Waals surface area contributed by atoms with Crippen molar-refractivity contribution in [2.24, 2.45) is 0 Å². The first-order valence-corrected chi connectivity index (χ1v) is 15.2. The summed E-state index contributed by atoms with van der Waals surface area (Å²) in [6, 6.07) is 23.6. The minimum Gasteiger partial charge on any atom is -0.490 e. The molecule has 3 amide bonds. The number of para-hydroxylation sites is 1. The summed E-state index contributed by atoms with van der Waals surface area (Å²) in [7, 11) is 0. The summed E-state index contributed by atoms with van der Waals surface area (Å²) in [6.45, 7) is 8.75. The smallest absolute Gasteiger partial charge is 0.294 e. The number of ether oxygens (including phenoxy) is 2. The van der Waals surface area contributed by atoms with Crippen LogP contribution in [-0.2, 0) is 22.6 Å². The summed E-state index contributed by atoms with van der Waals surface area (Å²) in [4.78, 5) is 44.5. The van der Waals surface area contributed by atoms with Crippen LogP contribution >= 0.6 is 11.8 Å². The minimum atomic E-state index is -0.473. The van der Waals surface area contributed by atoms with Gasteiger partial charge in [-0.3, -0.25) is 19.3 Å². The van der Waals surface area contributed by atoms with Gasteiger partial charge >= 0.3 is 0 Å². The molecule has 2 fully saturated rings. The van der Waals surface area contributed by atoms with Gasteiger partial charge < -0.3 is 19.3 Å². The lowest BCUT2D eigenvalue weighted by molar-refractivity contribution is -0.136. The number of piperazine rings is 1. The van der Waals surface area contributed by atoms with Crippen LogP contribution in [0.3, 0.4) is 0 Å². The first-order valence-electron chi connectivity index (χ1n) is 14.4. The Balaban J connectivity index is 1.28. The fourth-order valence-corrected chi connectivity index (χ4v) is 5.94. The number of nitrogens with zero attached hydrogens (tertiary/aromatic N) is 3. The number of hydrogen-bond acceptors (Lipinski definition) is 7. The fraction of sp³-hybridized carbons (Fsp3) is 0.265. The van der Waals surface area contributed by atoms with Gasteiger partial charge in [0, 0.05) is 37.4 Å². The van der Waals surface area contributed by atoms with Crippen molar-refractivity contribution in [2.45, 2.75) is 20.0 Å². The summed E-state index contributed by atoms with van der Waals surface area (Å²) in [5.41, 5.74) is 3.69. The first kappa shape index (κ1) is 30.0. The Morgan fingerprint density at radius 2 is 1.65 bits per heavy atom. The largest absolute Gasteiger partial charge is 0.490 e. The maximum atomic E-state index is 13.3. The Kier molecular flexibility index (Phi) is 9.84. The number of thioether (sulfide) groups is 1. The highest BCUT2D eigenvalue weighted by atomic mass is 32.2. The van der Waals surface area contributed by atoms with Crippen molar-refractivity contribution in [3.63, 3.8) is 0 Å². The fourth-order valence-electron chi connectivity index (χ4n) is 5.11. The molecule has 9 heteroatoms. The second-order valence-electron chi connectivity index (χ2n) is 10.2. The van der Waals surface area contributed by atoms with E-state index >= 15 is 0 Å². The number of hydrogen-bond donors (Lipinski definition) is 0. The third-order valence-electron chi connectivity index (χ3n) is 7.26. The van der Waals surface area contributed by atoms with E-state index in [4.69, 9.17) is 9.47 Å². The Morgan fingerprint density at radius 3 is 2.33 bits per heavy atom. The van der Waals surface area contributed by atoms with Crippen LogP contribution in [0.5, 0.6) is 11.5 Å². The van der Waals surface area contributed by atoms with Gasteiger partial charge in [-0.15, -0.1) is 6.58 Å². The van der Waals surface area contributed by atoms with Gasteiger partial charge in [0.25, 0.3) is 11.1 Å².